The van der Waals surface area contributed by atoms with Crippen LogP contribution in [0.3, 0.4) is 0 Å². The van der Waals surface area contributed by atoms with Gasteiger partial charge in [-0.25, -0.2) is 4.98 Å². The Hall–Kier alpha value is -1.80. The number of carbonyl (C=O) groups is 1. The van der Waals surface area contributed by atoms with E-state index in [4.69, 9.17) is 32.9 Å². The molecule has 3 heterocycles. The fourth-order valence-corrected chi connectivity index (χ4v) is 5.01. The molecule has 2 aliphatic heterocycles. The molecular weight excluding hydrogens is 515 g/mol. The SMILES string of the molecule is O=C(NC1CCOC1)C1CCN(c2nc3cc(Cl)c(Cl)cc3n2-c2ccc(Br)cc2)CC1. The lowest BCUT2D eigenvalue weighted by Crippen LogP contribution is -2.44. The van der Waals surface area contributed by atoms with Crippen LogP contribution >= 0.6 is 39.1 Å². The minimum atomic E-state index is 0.0150. The van der Waals surface area contributed by atoms with Gasteiger partial charge in [-0.15, -0.1) is 0 Å². The molecule has 1 unspecified atom stereocenters. The summed E-state index contributed by atoms with van der Waals surface area (Å²) in [5.74, 6) is 0.991. The lowest BCUT2D eigenvalue weighted by atomic mass is 9.95. The van der Waals surface area contributed by atoms with Gasteiger partial charge >= 0.3 is 0 Å². The second-order valence-electron chi connectivity index (χ2n) is 8.31. The maximum Gasteiger partial charge on any atom is 0.223 e. The number of piperidine rings is 1. The van der Waals surface area contributed by atoms with Gasteiger partial charge in [0.2, 0.25) is 11.9 Å². The number of aromatic nitrogens is 2. The number of hydrogen-bond donors (Lipinski definition) is 1. The second kappa shape index (κ2) is 9.21. The van der Waals surface area contributed by atoms with E-state index in [1.54, 1.807) is 0 Å². The number of nitrogens with zero attached hydrogens (tertiary/aromatic N) is 3. The van der Waals surface area contributed by atoms with Gasteiger partial charge in [0, 0.05) is 35.8 Å². The van der Waals surface area contributed by atoms with Crippen LogP contribution in [0.4, 0.5) is 5.95 Å². The largest absolute Gasteiger partial charge is 0.379 e. The Bertz CT molecular complexity index is 1140. The van der Waals surface area contributed by atoms with Gasteiger partial charge in [0.05, 0.1) is 33.7 Å². The summed E-state index contributed by atoms with van der Waals surface area (Å²) >= 11 is 16.1. The van der Waals surface area contributed by atoms with Crippen molar-refractivity contribution in [1.29, 1.82) is 0 Å². The molecule has 2 saturated heterocycles. The van der Waals surface area contributed by atoms with Crippen molar-refractivity contribution in [3.05, 3.63) is 50.9 Å². The topological polar surface area (TPSA) is 59.4 Å². The molecule has 0 bridgehead atoms. The highest BCUT2D eigenvalue weighted by Crippen LogP contribution is 2.34. The molecule has 0 aliphatic carbocycles. The van der Waals surface area contributed by atoms with Crippen molar-refractivity contribution in [3.63, 3.8) is 0 Å². The molecule has 1 amide bonds. The normalized spacial score (nSPS) is 19.6. The van der Waals surface area contributed by atoms with E-state index in [2.05, 4.69) is 30.7 Å². The van der Waals surface area contributed by atoms with Crippen molar-refractivity contribution in [2.45, 2.75) is 25.3 Å². The van der Waals surface area contributed by atoms with Crippen LogP contribution in [0, 0.1) is 5.92 Å². The summed E-state index contributed by atoms with van der Waals surface area (Å²) in [6.45, 7) is 2.84. The summed E-state index contributed by atoms with van der Waals surface area (Å²) in [5, 5.41) is 4.12. The van der Waals surface area contributed by atoms with Crippen molar-refractivity contribution in [3.8, 4) is 5.69 Å². The summed E-state index contributed by atoms with van der Waals surface area (Å²) in [4.78, 5) is 19.8. The first-order valence-corrected chi connectivity index (χ1v) is 12.3. The predicted octanol–water partition coefficient (Wildman–Crippen LogP) is 5.22. The first kappa shape index (κ1) is 22.0. The highest BCUT2D eigenvalue weighted by atomic mass is 79.9. The summed E-state index contributed by atoms with van der Waals surface area (Å²) in [6, 6.07) is 11.9. The number of amides is 1. The number of benzene rings is 2. The van der Waals surface area contributed by atoms with E-state index in [0.29, 0.717) is 16.7 Å². The van der Waals surface area contributed by atoms with Crippen LogP contribution in [0.1, 0.15) is 19.3 Å². The first-order valence-electron chi connectivity index (χ1n) is 10.8. The maximum atomic E-state index is 12.7. The smallest absolute Gasteiger partial charge is 0.223 e. The Labute approximate surface area is 205 Å². The molecule has 0 radical (unpaired) electrons. The molecule has 1 atom stereocenters. The number of halogens is 3. The zero-order chi connectivity index (χ0) is 22.2. The molecule has 0 saturated carbocycles. The lowest BCUT2D eigenvalue weighted by Gasteiger charge is -2.32. The van der Waals surface area contributed by atoms with E-state index in [1.165, 1.54) is 0 Å². The van der Waals surface area contributed by atoms with Gasteiger partial charge in [-0.2, -0.15) is 0 Å². The third-order valence-corrected chi connectivity index (χ3v) is 7.44. The minimum Gasteiger partial charge on any atom is -0.379 e. The van der Waals surface area contributed by atoms with E-state index >= 15 is 0 Å². The molecular formula is C23H23BrCl2N4O2. The number of nitrogens with one attached hydrogen (secondary N) is 1. The maximum absolute atomic E-state index is 12.7. The zero-order valence-electron chi connectivity index (χ0n) is 17.4. The van der Waals surface area contributed by atoms with E-state index in [1.807, 2.05) is 36.4 Å². The van der Waals surface area contributed by atoms with E-state index in [9.17, 15) is 4.79 Å². The van der Waals surface area contributed by atoms with Crippen molar-refractivity contribution in [2.24, 2.45) is 5.92 Å². The molecule has 1 aromatic heterocycles. The van der Waals surface area contributed by atoms with Crippen molar-refractivity contribution < 1.29 is 9.53 Å². The van der Waals surface area contributed by atoms with Crippen molar-refractivity contribution >= 4 is 62.0 Å². The van der Waals surface area contributed by atoms with Crippen LogP contribution in [-0.2, 0) is 9.53 Å². The third-order valence-electron chi connectivity index (χ3n) is 6.19. The number of anilines is 1. The number of imidazole rings is 1. The van der Waals surface area contributed by atoms with Crippen LogP contribution in [0.25, 0.3) is 16.7 Å². The van der Waals surface area contributed by atoms with Gasteiger partial charge in [0.15, 0.2) is 0 Å². The average Bonchev–Trinajstić information content (AvgIpc) is 3.43. The molecule has 3 aromatic rings. The lowest BCUT2D eigenvalue weighted by molar-refractivity contribution is -0.126. The molecule has 2 fully saturated rings. The van der Waals surface area contributed by atoms with Crippen molar-refractivity contribution in [2.75, 3.05) is 31.2 Å². The van der Waals surface area contributed by atoms with Gasteiger partial charge in [-0.1, -0.05) is 39.1 Å². The first-order chi connectivity index (χ1) is 15.5. The fourth-order valence-electron chi connectivity index (χ4n) is 4.43. The van der Waals surface area contributed by atoms with E-state index in [0.717, 1.165) is 66.1 Å². The number of rotatable bonds is 4. The Morgan fingerprint density at radius 2 is 1.81 bits per heavy atom. The molecule has 32 heavy (non-hydrogen) atoms. The van der Waals surface area contributed by atoms with E-state index in [-0.39, 0.29) is 17.9 Å². The van der Waals surface area contributed by atoms with Gasteiger partial charge in [-0.05, 0) is 55.7 Å². The number of ether oxygens (including phenoxy) is 1. The monoisotopic (exact) mass is 536 g/mol. The predicted molar refractivity (Wildman–Crippen MR) is 131 cm³/mol. The summed E-state index contributed by atoms with van der Waals surface area (Å²) < 4.78 is 8.49. The quantitative estimate of drug-likeness (QED) is 0.496. The Balaban J connectivity index is 1.42. The van der Waals surface area contributed by atoms with Gasteiger partial charge in [-0.3, -0.25) is 9.36 Å². The average molecular weight is 538 g/mol. The summed E-state index contributed by atoms with van der Waals surface area (Å²) in [7, 11) is 0. The zero-order valence-corrected chi connectivity index (χ0v) is 20.5. The Morgan fingerprint density at radius 3 is 2.50 bits per heavy atom. The number of hydrogen-bond acceptors (Lipinski definition) is 4. The molecule has 1 N–H and O–H groups in total. The number of carbonyl (C=O) groups excluding carboxylic acids is 1. The van der Waals surface area contributed by atoms with Gasteiger partial charge in [0.25, 0.3) is 0 Å². The summed E-state index contributed by atoms with van der Waals surface area (Å²) in [5.41, 5.74) is 2.68. The highest BCUT2D eigenvalue weighted by molar-refractivity contribution is 9.10. The van der Waals surface area contributed by atoms with Crippen LogP contribution < -0.4 is 10.2 Å². The van der Waals surface area contributed by atoms with Crippen LogP contribution in [0.5, 0.6) is 0 Å². The summed E-state index contributed by atoms with van der Waals surface area (Å²) in [6.07, 6.45) is 2.46. The molecule has 2 aromatic carbocycles. The Kier molecular flexibility index (Phi) is 6.34. The third kappa shape index (κ3) is 4.36. The highest BCUT2D eigenvalue weighted by Gasteiger charge is 2.30. The Morgan fingerprint density at radius 1 is 1.09 bits per heavy atom. The minimum absolute atomic E-state index is 0.0150. The van der Waals surface area contributed by atoms with Crippen molar-refractivity contribution in [1.82, 2.24) is 14.9 Å². The van der Waals surface area contributed by atoms with E-state index < -0.39 is 0 Å². The molecule has 168 valence electrons. The van der Waals surface area contributed by atoms with Gasteiger partial charge < -0.3 is 15.0 Å². The van der Waals surface area contributed by atoms with Crippen LogP contribution in [0.15, 0.2) is 40.9 Å². The number of fused-ring (bicyclic) bond motifs is 1. The van der Waals surface area contributed by atoms with Gasteiger partial charge in [0.1, 0.15) is 0 Å². The van der Waals surface area contributed by atoms with Crippen LogP contribution in [-0.4, -0.2) is 47.8 Å². The second-order valence-corrected chi connectivity index (χ2v) is 10.0. The molecule has 9 heteroatoms. The fraction of sp³-hybridized carbons (Fsp3) is 0.391. The molecule has 6 nitrogen and oxygen atoms in total. The standard InChI is InChI=1S/C23H23BrCl2N4O2/c24-15-1-3-17(4-2-15)30-21-12-19(26)18(25)11-20(21)28-23(30)29-8-5-14(6-9-29)22(31)27-16-7-10-32-13-16/h1-4,11-12,14,16H,5-10,13H2,(H,27,31). The molecule has 0 spiro atoms. The molecule has 2 aliphatic rings. The van der Waals surface area contributed by atoms with Crippen LogP contribution in [0.2, 0.25) is 10.0 Å². The molecule has 5 rings (SSSR count).